The van der Waals surface area contributed by atoms with E-state index >= 15 is 0 Å². The normalized spacial score (nSPS) is 10.8. The predicted octanol–water partition coefficient (Wildman–Crippen LogP) is 2.50. The third-order valence-corrected chi connectivity index (χ3v) is 3.80. The molecular weight excluding hydrogens is 328 g/mol. The van der Waals surface area contributed by atoms with E-state index in [0.717, 1.165) is 42.4 Å². The van der Waals surface area contributed by atoms with E-state index in [0.29, 0.717) is 5.95 Å². The Kier molecular flexibility index (Phi) is 4.64. The molecule has 0 aliphatic heterocycles. The van der Waals surface area contributed by atoms with Crippen LogP contribution >= 0.6 is 0 Å². The van der Waals surface area contributed by atoms with E-state index in [-0.39, 0.29) is 0 Å². The highest BCUT2D eigenvalue weighted by atomic mass is 15.4. The van der Waals surface area contributed by atoms with Gasteiger partial charge in [-0.05, 0) is 24.6 Å². The lowest BCUT2D eigenvalue weighted by atomic mass is 10.2. The van der Waals surface area contributed by atoms with Gasteiger partial charge in [0.25, 0.3) is 0 Å². The largest absolute Gasteiger partial charge is 0.369 e. The van der Waals surface area contributed by atoms with Crippen molar-refractivity contribution in [3.8, 4) is 11.4 Å². The molecule has 8 heteroatoms. The van der Waals surface area contributed by atoms with E-state index in [9.17, 15) is 0 Å². The van der Waals surface area contributed by atoms with Crippen molar-refractivity contribution in [2.75, 3.05) is 23.7 Å². The summed E-state index contributed by atoms with van der Waals surface area (Å²) < 4.78 is 1.76. The van der Waals surface area contributed by atoms with Gasteiger partial charge in [0.05, 0.1) is 0 Å². The molecule has 0 saturated carbocycles. The fraction of sp³-hybridized carbons (Fsp3) is 0.167. The van der Waals surface area contributed by atoms with E-state index < -0.39 is 0 Å². The minimum Gasteiger partial charge on any atom is -0.369 e. The third-order valence-electron chi connectivity index (χ3n) is 3.80. The fourth-order valence-corrected chi connectivity index (χ4v) is 2.55. The Morgan fingerprint density at radius 3 is 2.46 bits per heavy atom. The Bertz CT molecular complexity index is 968. The Balaban J connectivity index is 1.38. The number of nitrogens with one attached hydrogen (secondary N) is 2. The summed E-state index contributed by atoms with van der Waals surface area (Å²) in [6.07, 6.45) is 4.35. The van der Waals surface area contributed by atoms with Crippen molar-refractivity contribution >= 4 is 17.4 Å². The lowest BCUT2D eigenvalue weighted by molar-refractivity contribution is 0.871. The molecule has 0 spiro atoms. The van der Waals surface area contributed by atoms with Crippen molar-refractivity contribution in [3.63, 3.8) is 0 Å². The summed E-state index contributed by atoms with van der Waals surface area (Å²) in [4.78, 5) is 8.26. The highest BCUT2D eigenvalue weighted by Crippen LogP contribution is 2.17. The summed E-state index contributed by atoms with van der Waals surface area (Å²) >= 11 is 0. The molecule has 2 N–H and O–H groups in total. The monoisotopic (exact) mass is 346 g/mol. The first-order chi connectivity index (χ1) is 12.9. The van der Waals surface area contributed by atoms with E-state index in [1.54, 1.807) is 23.0 Å². The zero-order chi connectivity index (χ0) is 17.6. The van der Waals surface area contributed by atoms with Crippen LogP contribution in [0.25, 0.3) is 17.0 Å². The fourth-order valence-electron chi connectivity index (χ4n) is 2.55. The molecular formula is C18H18N8. The van der Waals surface area contributed by atoms with Crippen LogP contribution < -0.4 is 10.6 Å². The quantitative estimate of drug-likeness (QED) is 0.497. The Morgan fingerprint density at radius 1 is 0.808 bits per heavy atom. The van der Waals surface area contributed by atoms with E-state index in [4.69, 9.17) is 0 Å². The molecule has 4 aromatic rings. The Labute approximate surface area is 150 Å². The van der Waals surface area contributed by atoms with Crippen molar-refractivity contribution < 1.29 is 0 Å². The summed E-state index contributed by atoms with van der Waals surface area (Å²) in [6.45, 7) is 1.56. The van der Waals surface area contributed by atoms with Gasteiger partial charge in [0.15, 0.2) is 11.5 Å². The summed E-state index contributed by atoms with van der Waals surface area (Å²) in [6, 6.07) is 15.5. The molecule has 0 fully saturated rings. The van der Waals surface area contributed by atoms with Crippen LogP contribution in [0.2, 0.25) is 0 Å². The van der Waals surface area contributed by atoms with Gasteiger partial charge in [-0.25, -0.2) is 9.97 Å². The number of hydrogen-bond donors (Lipinski definition) is 2. The molecule has 0 atom stereocenters. The minimum absolute atomic E-state index is 0.643. The molecule has 0 bridgehead atoms. The van der Waals surface area contributed by atoms with Crippen LogP contribution in [0.1, 0.15) is 6.42 Å². The average Bonchev–Trinajstić information content (AvgIpc) is 3.12. The first-order valence-corrected chi connectivity index (χ1v) is 8.43. The molecule has 3 heterocycles. The smallest absolute Gasteiger partial charge is 0.222 e. The lowest BCUT2D eigenvalue weighted by Gasteiger charge is -2.07. The predicted molar refractivity (Wildman–Crippen MR) is 99.8 cm³/mol. The molecule has 0 amide bonds. The zero-order valence-electron chi connectivity index (χ0n) is 14.1. The summed E-state index contributed by atoms with van der Waals surface area (Å²) in [7, 11) is 0. The van der Waals surface area contributed by atoms with Gasteiger partial charge in [0.1, 0.15) is 5.82 Å². The second kappa shape index (κ2) is 7.56. The highest BCUT2D eigenvalue weighted by molar-refractivity contribution is 5.59. The first kappa shape index (κ1) is 15.9. The van der Waals surface area contributed by atoms with E-state index in [1.807, 2.05) is 42.5 Å². The summed E-state index contributed by atoms with van der Waals surface area (Å²) in [5, 5.41) is 19.5. The van der Waals surface area contributed by atoms with E-state index in [2.05, 4.69) is 35.9 Å². The number of fused-ring (bicyclic) bond motifs is 1. The third kappa shape index (κ3) is 3.59. The number of anilines is 2. The molecule has 0 aliphatic carbocycles. The van der Waals surface area contributed by atoms with Crippen LogP contribution in [0.15, 0.2) is 60.9 Å². The van der Waals surface area contributed by atoms with Crippen molar-refractivity contribution in [2.45, 2.75) is 6.42 Å². The number of benzene rings is 1. The molecule has 26 heavy (non-hydrogen) atoms. The Hall–Kier alpha value is -3.55. The van der Waals surface area contributed by atoms with Gasteiger partial charge in [-0.1, -0.05) is 30.3 Å². The lowest BCUT2D eigenvalue weighted by Crippen LogP contribution is -2.12. The second-order valence-corrected chi connectivity index (χ2v) is 5.66. The van der Waals surface area contributed by atoms with Crippen LogP contribution in [0, 0.1) is 0 Å². The van der Waals surface area contributed by atoms with Gasteiger partial charge in [0, 0.05) is 31.0 Å². The van der Waals surface area contributed by atoms with Crippen LogP contribution in [0.5, 0.6) is 0 Å². The number of hydrogen-bond acceptors (Lipinski definition) is 7. The van der Waals surface area contributed by atoms with Crippen LogP contribution in [0.4, 0.5) is 11.8 Å². The second-order valence-electron chi connectivity index (χ2n) is 5.66. The molecule has 3 aromatic heterocycles. The Morgan fingerprint density at radius 2 is 1.62 bits per heavy atom. The maximum absolute atomic E-state index is 4.60. The SMILES string of the molecule is c1ccc(-c2nnc3ccc(NCCCNc4ncccn4)nn23)cc1. The highest BCUT2D eigenvalue weighted by Gasteiger charge is 2.09. The van der Waals surface area contributed by atoms with Gasteiger partial charge in [-0.15, -0.1) is 15.3 Å². The average molecular weight is 346 g/mol. The zero-order valence-corrected chi connectivity index (χ0v) is 14.1. The number of rotatable bonds is 7. The van der Waals surface area contributed by atoms with Crippen molar-refractivity contribution in [2.24, 2.45) is 0 Å². The number of nitrogens with zero attached hydrogens (tertiary/aromatic N) is 6. The van der Waals surface area contributed by atoms with Gasteiger partial charge < -0.3 is 10.6 Å². The molecule has 0 radical (unpaired) electrons. The van der Waals surface area contributed by atoms with Gasteiger partial charge in [-0.3, -0.25) is 0 Å². The van der Waals surface area contributed by atoms with Crippen molar-refractivity contribution in [3.05, 3.63) is 60.9 Å². The molecule has 0 saturated heterocycles. The van der Waals surface area contributed by atoms with Crippen molar-refractivity contribution in [1.82, 2.24) is 29.8 Å². The maximum Gasteiger partial charge on any atom is 0.222 e. The summed E-state index contributed by atoms with van der Waals surface area (Å²) in [5.41, 5.74) is 1.70. The molecule has 0 aliphatic rings. The standard InChI is InChI=1S/C18H18N8/c1-2-6-14(7-3-1)17-24-23-16-9-8-15(25-26(16)17)19-10-4-11-20-18-21-12-5-13-22-18/h1-3,5-9,12-13H,4,10-11H2,(H,19,25)(H,20,21,22). The topological polar surface area (TPSA) is 92.9 Å². The molecule has 130 valence electrons. The minimum atomic E-state index is 0.643. The number of aromatic nitrogens is 6. The summed E-state index contributed by atoms with van der Waals surface area (Å²) in [5.74, 6) is 2.15. The van der Waals surface area contributed by atoms with Crippen LogP contribution in [0.3, 0.4) is 0 Å². The maximum atomic E-state index is 4.60. The molecule has 0 unspecified atom stereocenters. The first-order valence-electron chi connectivity index (χ1n) is 8.43. The van der Waals surface area contributed by atoms with Gasteiger partial charge in [0.2, 0.25) is 5.95 Å². The molecule has 4 rings (SSSR count). The molecule has 1 aromatic carbocycles. The van der Waals surface area contributed by atoms with Crippen LogP contribution in [-0.4, -0.2) is 42.9 Å². The van der Waals surface area contributed by atoms with Gasteiger partial charge >= 0.3 is 0 Å². The van der Waals surface area contributed by atoms with E-state index in [1.165, 1.54) is 0 Å². The van der Waals surface area contributed by atoms with Gasteiger partial charge in [-0.2, -0.15) is 4.52 Å². The molecule has 8 nitrogen and oxygen atoms in total. The van der Waals surface area contributed by atoms with Crippen LogP contribution in [-0.2, 0) is 0 Å². The van der Waals surface area contributed by atoms with Crippen molar-refractivity contribution in [1.29, 1.82) is 0 Å².